The smallest absolute Gasteiger partial charge is 0.275 e. The van der Waals surface area contributed by atoms with Crippen LogP contribution in [0.5, 0.6) is 5.75 Å². The van der Waals surface area contributed by atoms with Crippen molar-refractivity contribution in [1.82, 2.24) is 39.1 Å². The van der Waals surface area contributed by atoms with E-state index in [4.69, 9.17) is 33.0 Å². The quantitative estimate of drug-likeness (QED) is 0.145. The number of tetrazole rings is 1. The highest BCUT2D eigenvalue weighted by atomic mass is 35.5. The first-order chi connectivity index (χ1) is 25.3. The molecule has 1 amide bonds. The van der Waals surface area contributed by atoms with Gasteiger partial charge >= 0.3 is 0 Å². The van der Waals surface area contributed by atoms with Crippen LogP contribution in [0.25, 0.3) is 44.3 Å². The van der Waals surface area contributed by atoms with Crippen LogP contribution in [0.4, 0.5) is 5.69 Å². The second kappa shape index (κ2) is 13.1. The van der Waals surface area contributed by atoms with E-state index < -0.39 is 0 Å². The van der Waals surface area contributed by atoms with E-state index in [1.54, 1.807) is 7.05 Å². The number of fused-ring (bicyclic) bond motifs is 4. The minimum atomic E-state index is -0.0789. The number of rotatable bonds is 8. The molecule has 7 aromatic rings. The molecule has 0 saturated carbocycles. The molecule has 1 atom stereocenters. The molecule has 0 bridgehead atoms. The zero-order chi connectivity index (χ0) is 37.5. The lowest BCUT2D eigenvalue weighted by atomic mass is 9.98. The van der Waals surface area contributed by atoms with Gasteiger partial charge in [-0.3, -0.25) is 9.48 Å². The molecule has 0 unspecified atom stereocenters. The highest BCUT2D eigenvalue weighted by Crippen LogP contribution is 2.46. The van der Waals surface area contributed by atoms with Crippen LogP contribution in [-0.4, -0.2) is 58.2 Å². The maximum atomic E-state index is 15.2. The highest BCUT2D eigenvalue weighted by molar-refractivity contribution is 6.35. The Labute approximate surface area is 317 Å². The molecule has 272 valence electrons. The Kier molecular flexibility index (Phi) is 8.61. The van der Waals surface area contributed by atoms with E-state index in [9.17, 15) is 0 Å². The fourth-order valence-corrected chi connectivity index (χ4v) is 8.53. The van der Waals surface area contributed by atoms with Crippen molar-refractivity contribution < 1.29 is 9.53 Å². The first-order valence-electron chi connectivity index (χ1n) is 17.7. The van der Waals surface area contributed by atoms with Gasteiger partial charge in [-0.1, -0.05) is 41.4 Å². The number of aryl methyl sites for hydroxylation is 7. The maximum absolute atomic E-state index is 15.2. The highest BCUT2D eigenvalue weighted by Gasteiger charge is 2.38. The summed E-state index contributed by atoms with van der Waals surface area (Å²) in [7, 11) is 5.68. The lowest BCUT2D eigenvalue weighted by Crippen LogP contribution is -2.42. The van der Waals surface area contributed by atoms with Gasteiger partial charge in [0.15, 0.2) is 0 Å². The molecular weight excluding hydrogens is 709 g/mol. The lowest BCUT2D eigenvalue weighted by molar-refractivity contribution is 0.0957. The number of nitrogens with zero attached hydrogens (tertiary/aromatic N) is 9. The first kappa shape index (κ1) is 34.9. The van der Waals surface area contributed by atoms with Gasteiger partial charge in [-0.2, -0.15) is 9.90 Å². The Morgan fingerprint density at radius 2 is 1.68 bits per heavy atom. The Morgan fingerprint density at radius 1 is 0.925 bits per heavy atom. The predicted octanol–water partition coefficient (Wildman–Crippen LogP) is 8.50. The summed E-state index contributed by atoms with van der Waals surface area (Å²) >= 11 is 13.5. The van der Waals surface area contributed by atoms with Crippen molar-refractivity contribution in [3.63, 3.8) is 0 Å². The number of carbonyl (C=O) groups is 1. The second-order valence-corrected chi connectivity index (χ2v) is 15.0. The van der Waals surface area contributed by atoms with Crippen LogP contribution >= 0.6 is 23.2 Å². The van der Waals surface area contributed by atoms with Crippen LogP contribution in [0.2, 0.25) is 10.0 Å². The third-order valence-electron chi connectivity index (χ3n) is 10.6. The Balaban J connectivity index is 1.26. The van der Waals surface area contributed by atoms with Crippen molar-refractivity contribution >= 4 is 56.6 Å². The largest absolute Gasteiger partial charge is 0.494 e. The van der Waals surface area contributed by atoms with Crippen LogP contribution in [0.3, 0.4) is 0 Å². The normalized spacial score (nSPS) is 14.6. The number of para-hydroxylation sites is 1. The van der Waals surface area contributed by atoms with Crippen LogP contribution in [0, 0.1) is 27.7 Å². The number of amides is 1. The number of hydrogen-bond acceptors (Lipinski definition) is 6. The van der Waals surface area contributed by atoms with Gasteiger partial charge in [0.25, 0.3) is 5.91 Å². The molecule has 13 heteroatoms. The van der Waals surface area contributed by atoms with Crippen molar-refractivity contribution in [2.75, 3.05) is 18.1 Å². The number of benzene rings is 3. The number of halogens is 2. The van der Waals surface area contributed by atoms with Gasteiger partial charge in [-0.25, -0.2) is 0 Å². The van der Waals surface area contributed by atoms with E-state index in [2.05, 4.69) is 46.0 Å². The number of carbonyl (C=O) groups excluding carboxylic acids is 1. The molecule has 8 rings (SSSR count). The van der Waals surface area contributed by atoms with Crippen molar-refractivity contribution in [3.05, 3.63) is 92.5 Å². The summed E-state index contributed by atoms with van der Waals surface area (Å²) in [4.78, 5) is 18.5. The fourth-order valence-electron chi connectivity index (χ4n) is 8.17. The van der Waals surface area contributed by atoms with Gasteiger partial charge in [0.05, 0.1) is 41.1 Å². The average molecular weight is 751 g/mol. The summed E-state index contributed by atoms with van der Waals surface area (Å²) in [5.74, 6) is 1.26. The van der Waals surface area contributed by atoms with Gasteiger partial charge in [0, 0.05) is 71.1 Å². The van der Waals surface area contributed by atoms with Crippen LogP contribution in [0.15, 0.2) is 48.7 Å². The van der Waals surface area contributed by atoms with Crippen molar-refractivity contribution in [3.8, 4) is 28.3 Å². The molecule has 1 aliphatic heterocycles. The van der Waals surface area contributed by atoms with Gasteiger partial charge in [0.2, 0.25) is 5.82 Å². The molecular formula is C40H41Cl2N9O2. The van der Waals surface area contributed by atoms with Gasteiger partial charge in [-0.05, 0) is 93.6 Å². The molecule has 0 N–H and O–H groups in total. The average Bonchev–Trinajstić information content (AvgIpc) is 3.86. The van der Waals surface area contributed by atoms with E-state index in [-0.39, 0.29) is 11.9 Å². The third kappa shape index (κ3) is 5.59. The van der Waals surface area contributed by atoms with E-state index >= 15 is 4.79 Å². The number of anilines is 1. The molecule has 1 aliphatic rings. The molecule has 11 nitrogen and oxygen atoms in total. The molecule has 0 radical (unpaired) electrons. The summed E-state index contributed by atoms with van der Waals surface area (Å²) in [5, 5.41) is 20.9. The van der Waals surface area contributed by atoms with Crippen molar-refractivity contribution in [2.45, 2.75) is 53.5 Å². The van der Waals surface area contributed by atoms with E-state index in [1.807, 2.05) is 85.5 Å². The third-order valence-corrected chi connectivity index (χ3v) is 11.5. The second-order valence-electron chi connectivity index (χ2n) is 14.2. The van der Waals surface area contributed by atoms with Gasteiger partial charge in [-0.15, -0.1) is 10.2 Å². The standard InChI is InChI=1S/C40H41Cl2N9O2/c1-21-17-26(18-22(2)35(21)42)53-16-10-13-27-28-14-15-31(41)34(33-24(4)44-48(7)25(33)5)37(28)51-23(3)19-50(40(52)38(27)51)32-20-47(6)36-29(32)11-9-12-30(36)39-43-46-49(8)45-39/h9,11-12,14-15,17-18,20,23H,10,13,16,19H2,1-8H3/t23-/m1/s1. The molecule has 0 aliphatic carbocycles. The summed E-state index contributed by atoms with van der Waals surface area (Å²) in [6.07, 6.45) is 3.35. The monoisotopic (exact) mass is 749 g/mol. The van der Waals surface area contributed by atoms with Gasteiger partial charge in [0.1, 0.15) is 11.4 Å². The van der Waals surface area contributed by atoms with E-state index in [1.165, 1.54) is 4.80 Å². The zero-order valence-electron chi connectivity index (χ0n) is 31.1. The minimum Gasteiger partial charge on any atom is -0.494 e. The predicted molar refractivity (Wildman–Crippen MR) is 210 cm³/mol. The lowest BCUT2D eigenvalue weighted by Gasteiger charge is -2.34. The Morgan fingerprint density at radius 3 is 2.36 bits per heavy atom. The van der Waals surface area contributed by atoms with Crippen LogP contribution in [-0.2, 0) is 27.6 Å². The number of ether oxygens (including phenoxy) is 1. The Bertz CT molecular complexity index is 2590. The number of aromatic nitrogens is 8. The molecule has 4 aromatic heterocycles. The van der Waals surface area contributed by atoms with Gasteiger partial charge < -0.3 is 18.8 Å². The first-order valence-corrected chi connectivity index (χ1v) is 18.5. The SMILES string of the molecule is Cc1cc(OCCCc2c3n(c4c(-c5c(C)nn(C)c5C)c(Cl)ccc24)[C@H](C)CN(c2cn(C)c4c(-c5nnn(C)n5)cccc24)C3=O)cc(C)c1Cl. The molecule has 53 heavy (non-hydrogen) atoms. The Hall–Kier alpha value is -5.13. The van der Waals surface area contributed by atoms with Crippen LogP contribution in [0.1, 0.15) is 58.0 Å². The number of hydrogen-bond donors (Lipinski definition) is 0. The maximum Gasteiger partial charge on any atom is 0.275 e. The van der Waals surface area contributed by atoms with Crippen LogP contribution < -0.4 is 9.64 Å². The molecule has 0 spiro atoms. The molecule has 3 aromatic carbocycles. The zero-order valence-corrected chi connectivity index (χ0v) is 32.6. The van der Waals surface area contributed by atoms with Crippen molar-refractivity contribution in [1.29, 1.82) is 0 Å². The fraction of sp³-hybridized carbons (Fsp3) is 0.325. The summed E-state index contributed by atoms with van der Waals surface area (Å²) < 4.78 is 12.4. The minimum absolute atomic E-state index is 0.0589. The summed E-state index contributed by atoms with van der Waals surface area (Å²) in [5.41, 5.74) is 11.0. The van der Waals surface area contributed by atoms with E-state index in [0.717, 1.165) is 83.0 Å². The molecule has 0 saturated heterocycles. The molecule has 0 fully saturated rings. The van der Waals surface area contributed by atoms with Crippen molar-refractivity contribution in [2.24, 2.45) is 21.1 Å². The molecule has 5 heterocycles. The van der Waals surface area contributed by atoms with E-state index in [0.29, 0.717) is 42.5 Å². The summed E-state index contributed by atoms with van der Waals surface area (Å²) in [6.45, 7) is 11.2. The topological polar surface area (TPSA) is 101 Å². The summed E-state index contributed by atoms with van der Waals surface area (Å²) in [6, 6.07) is 13.9.